The Hall–Kier alpha value is -3.19. The van der Waals surface area contributed by atoms with Crippen LogP contribution in [0, 0.1) is 0 Å². The molecular weight excluding hydrogens is 443 g/mol. The van der Waals surface area contributed by atoms with E-state index in [1.54, 1.807) is 5.38 Å². The molecule has 0 radical (unpaired) electrons. The van der Waals surface area contributed by atoms with E-state index >= 15 is 0 Å². The molecule has 0 aliphatic rings. The standard InChI is InChI=1S/C17H14F3N5O3S2/c1-21-13(26)6-10-7-29-16(23-10)25-14(27)12-8-30-15(24-12)22-9-2-4-11(5-3-9)28-17(18,19)20/h2-5,7-8H,6H2,1H3,(H,21,26)(H,22,24)(H,23,25,27). The summed E-state index contributed by atoms with van der Waals surface area (Å²) in [5.74, 6) is -1.01. The lowest BCUT2D eigenvalue weighted by molar-refractivity contribution is -0.274. The molecule has 158 valence electrons. The van der Waals surface area contributed by atoms with Crippen LogP contribution >= 0.6 is 22.7 Å². The first-order valence-corrected chi connectivity index (χ1v) is 10.0. The molecule has 0 saturated carbocycles. The number of rotatable bonds is 7. The van der Waals surface area contributed by atoms with Gasteiger partial charge in [-0.3, -0.25) is 14.9 Å². The molecule has 0 unspecified atom stereocenters. The number of hydrogen-bond acceptors (Lipinski definition) is 8. The number of carbonyl (C=O) groups is 2. The van der Waals surface area contributed by atoms with Crippen LogP contribution in [-0.2, 0) is 11.2 Å². The van der Waals surface area contributed by atoms with Crippen molar-refractivity contribution in [1.82, 2.24) is 15.3 Å². The fraction of sp³-hybridized carbons (Fsp3) is 0.176. The molecule has 0 aliphatic carbocycles. The Morgan fingerprint density at radius 1 is 1.07 bits per heavy atom. The Morgan fingerprint density at radius 3 is 2.43 bits per heavy atom. The summed E-state index contributed by atoms with van der Waals surface area (Å²) < 4.78 is 40.4. The van der Waals surface area contributed by atoms with Crippen molar-refractivity contribution >= 4 is 50.4 Å². The maximum absolute atomic E-state index is 12.3. The van der Waals surface area contributed by atoms with Crippen LogP contribution < -0.4 is 20.7 Å². The smallest absolute Gasteiger partial charge is 0.406 e. The van der Waals surface area contributed by atoms with Crippen molar-refractivity contribution in [3.63, 3.8) is 0 Å². The number of aromatic nitrogens is 2. The third-order valence-electron chi connectivity index (χ3n) is 3.47. The van der Waals surface area contributed by atoms with E-state index in [1.807, 2.05) is 0 Å². The average Bonchev–Trinajstić information content (AvgIpc) is 3.31. The van der Waals surface area contributed by atoms with Crippen LogP contribution in [0.5, 0.6) is 5.75 Å². The van der Waals surface area contributed by atoms with Gasteiger partial charge in [-0.05, 0) is 24.3 Å². The summed E-state index contributed by atoms with van der Waals surface area (Å²) in [7, 11) is 1.52. The van der Waals surface area contributed by atoms with Crippen molar-refractivity contribution < 1.29 is 27.5 Å². The van der Waals surface area contributed by atoms with E-state index in [2.05, 4.69) is 30.7 Å². The number of carbonyl (C=O) groups excluding carboxylic acids is 2. The minimum Gasteiger partial charge on any atom is -0.406 e. The van der Waals surface area contributed by atoms with Crippen LogP contribution in [0.15, 0.2) is 35.0 Å². The first-order valence-electron chi connectivity index (χ1n) is 8.26. The molecule has 8 nitrogen and oxygen atoms in total. The van der Waals surface area contributed by atoms with E-state index in [4.69, 9.17) is 0 Å². The van der Waals surface area contributed by atoms with Crippen LogP contribution in [0.25, 0.3) is 0 Å². The van der Waals surface area contributed by atoms with Gasteiger partial charge in [0.05, 0.1) is 12.1 Å². The molecule has 3 aromatic rings. The number of hydrogen-bond donors (Lipinski definition) is 3. The van der Waals surface area contributed by atoms with Crippen LogP contribution in [0.1, 0.15) is 16.2 Å². The van der Waals surface area contributed by atoms with E-state index in [-0.39, 0.29) is 23.8 Å². The predicted octanol–water partition coefficient (Wildman–Crippen LogP) is 3.78. The Labute approximate surface area is 176 Å². The molecule has 0 fully saturated rings. The van der Waals surface area contributed by atoms with Gasteiger partial charge in [-0.1, -0.05) is 0 Å². The normalized spacial score (nSPS) is 11.1. The Bertz CT molecular complexity index is 1030. The van der Waals surface area contributed by atoms with Gasteiger partial charge in [0.15, 0.2) is 10.3 Å². The van der Waals surface area contributed by atoms with Gasteiger partial charge >= 0.3 is 6.36 Å². The highest BCUT2D eigenvalue weighted by molar-refractivity contribution is 7.14. The molecule has 3 N–H and O–H groups in total. The molecule has 0 atom stereocenters. The molecule has 0 bridgehead atoms. The summed E-state index contributed by atoms with van der Waals surface area (Å²) in [6, 6.07) is 5.11. The predicted molar refractivity (Wildman–Crippen MR) is 106 cm³/mol. The lowest BCUT2D eigenvalue weighted by Crippen LogP contribution is -2.20. The number of benzene rings is 1. The van der Waals surface area contributed by atoms with Gasteiger partial charge in [0.2, 0.25) is 5.91 Å². The largest absolute Gasteiger partial charge is 0.573 e. The minimum atomic E-state index is -4.76. The molecule has 1 aromatic carbocycles. The number of ether oxygens (including phenoxy) is 1. The second-order valence-electron chi connectivity index (χ2n) is 5.68. The summed E-state index contributed by atoms with van der Waals surface area (Å²) >= 11 is 2.33. The van der Waals surface area contributed by atoms with Gasteiger partial charge in [-0.2, -0.15) is 0 Å². The van der Waals surface area contributed by atoms with E-state index in [0.717, 1.165) is 23.5 Å². The zero-order valence-corrected chi connectivity index (χ0v) is 16.9. The van der Waals surface area contributed by atoms with Gasteiger partial charge < -0.3 is 15.4 Å². The van der Waals surface area contributed by atoms with Gasteiger partial charge in [-0.25, -0.2) is 9.97 Å². The number of nitrogens with one attached hydrogen (secondary N) is 3. The van der Waals surface area contributed by atoms with E-state index in [9.17, 15) is 22.8 Å². The number of thiazole rings is 2. The van der Waals surface area contributed by atoms with Crippen LogP contribution in [0.2, 0.25) is 0 Å². The number of halogens is 3. The number of anilines is 3. The van der Waals surface area contributed by atoms with E-state index < -0.39 is 12.3 Å². The highest BCUT2D eigenvalue weighted by Gasteiger charge is 2.30. The van der Waals surface area contributed by atoms with Crippen LogP contribution in [0.4, 0.5) is 29.1 Å². The second kappa shape index (κ2) is 9.09. The van der Waals surface area contributed by atoms with E-state index in [0.29, 0.717) is 21.6 Å². The SMILES string of the molecule is CNC(=O)Cc1csc(NC(=O)c2csc(Nc3ccc(OC(F)(F)F)cc3)n2)n1. The number of nitrogens with zero attached hydrogens (tertiary/aromatic N) is 2. The van der Waals surface area contributed by atoms with Crippen molar-refractivity contribution in [3.8, 4) is 5.75 Å². The van der Waals surface area contributed by atoms with Crippen molar-refractivity contribution in [2.75, 3.05) is 17.7 Å². The zero-order chi connectivity index (χ0) is 21.7. The lowest BCUT2D eigenvalue weighted by atomic mass is 10.3. The first-order chi connectivity index (χ1) is 14.2. The Balaban J connectivity index is 1.58. The molecule has 3 rings (SSSR count). The highest BCUT2D eigenvalue weighted by Crippen LogP contribution is 2.26. The van der Waals surface area contributed by atoms with Crippen molar-refractivity contribution in [1.29, 1.82) is 0 Å². The highest BCUT2D eigenvalue weighted by atomic mass is 32.1. The minimum absolute atomic E-state index is 0.112. The van der Waals surface area contributed by atoms with Gasteiger partial charge in [0, 0.05) is 23.5 Å². The maximum atomic E-state index is 12.3. The van der Waals surface area contributed by atoms with E-state index in [1.165, 1.54) is 35.9 Å². The third kappa shape index (κ3) is 6.15. The second-order valence-corrected chi connectivity index (χ2v) is 7.40. The number of alkyl halides is 3. The van der Waals surface area contributed by atoms with Gasteiger partial charge in [-0.15, -0.1) is 35.8 Å². The molecule has 0 aliphatic heterocycles. The van der Waals surface area contributed by atoms with Gasteiger partial charge in [0.25, 0.3) is 5.91 Å². The van der Waals surface area contributed by atoms with Crippen molar-refractivity contribution in [3.05, 3.63) is 46.4 Å². The fourth-order valence-electron chi connectivity index (χ4n) is 2.16. The molecule has 13 heteroatoms. The topological polar surface area (TPSA) is 105 Å². The molecule has 30 heavy (non-hydrogen) atoms. The number of likely N-dealkylation sites (N-methyl/N-ethyl adjacent to an activating group) is 1. The van der Waals surface area contributed by atoms with Crippen molar-refractivity contribution in [2.24, 2.45) is 0 Å². The van der Waals surface area contributed by atoms with Crippen molar-refractivity contribution in [2.45, 2.75) is 12.8 Å². The molecule has 0 spiro atoms. The summed E-state index contributed by atoms with van der Waals surface area (Å²) in [5, 5.41) is 11.9. The van der Waals surface area contributed by atoms with Crippen LogP contribution in [0.3, 0.4) is 0 Å². The summed E-state index contributed by atoms with van der Waals surface area (Å²) in [6.45, 7) is 0. The number of amides is 2. The monoisotopic (exact) mass is 457 g/mol. The summed E-state index contributed by atoms with van der Waals surface area (Å²) in [4.78, 5) is 32.0. The van der Waals surface area contributed by atoms with Crippen LogP contribution in [-0.4, -0.2) is 35.2 Å². The maximum Gasteiger partial charge on any atom is 0.573 e. The molecule has 2 amide bonds. The zero-order valence-electron chi connectivity index (χ0n) is 15.2. The molecular formula is C17H14F3N5O3S2. The summed E-state index contributed by atoms with van der Waals surface area (Å²) in [6.07, 6.45) is -4.65. The Morgan fingerprint density at radius 2 is 1.77 bits per heavy atom. The summed E-state index contributed by atoms with van der Waals surface area (Å²) in [5.41, 5.74) is 1.15. The molecule has 0 saturated heterocycles. The molecule has 2 heterocycles. The lowest BCUT2D eigenvalue weighted by Gasteiger charge is -2.09. The average molecular weight is 457 g/mol. The van der Waals surface area contributed by atoms with Gasteiger partial charge in [0.1, 0.15) is 11.4 Å². The third-order valence-corrected chi connectivity index (χ3v) is 5.03. The quantitative estimate of drug-likeness (QED) is 0.499. The molecule has 2 aromatic heterocycles. The first kappa shape index (κ1) is 21.5. The Kier molecular flexibility index (Phi) is 6.52. The fourth-order valence-corrected chi connectivity index (χ4v) is 3.57.